The van der Waals surface area contributed by atoms with Crippen molar-refractivity contribution < 1.29 is 9.90 Å². The van der Waals surface area contributed by atoms with Gasteiger partial charge in [0.05, 0.1) is 10.9 Å². The van der Waals surface area contributed by atoms with Gasteiger partial charge in [-0.1, -0.05) is 18.6 Å². The van der Waals surface area contributed by atoms with E-state index < -0.39 is 11.4 Å². The first kappa shape index (κ1) is 12.8. The first-order valence-corrected chi connectivity index (χ1v) is 6.81. The number of carboxylic acids is 1. The second-order valence-corrected chi connectivity index (χ2v) is 5.55. The number of nitrogens with zero attached hydrogens (tertiary/aromatic N) is 2. The summed E-state index contributed by atoms with van der Waals surface area (Å²) in [6, 6.07) is 7.63. The second kappa shape index (κ2) is 4.74. The van der Waals surface area contributed by atoms with E-state index in [4.69, 9.17) is 0 Å². The van der Waals surface area contributed by atoms with Gasteiger partial charge in [-0.05, 0) is 31.9 Å². The molecule has 0 spiro atoms. The number of carbonyl (C=O) groups is 1. The number of nitrogens with one attached hydrogen (secondary N) is 1. The lowest BCUT2D eigenvalue weighted by atomic mass is 9.85. The fourth-order valence-electron chi connectivity index (χ4n) is 2.94. The van der Waals surface area contributed by atoms with Crippen LogP contribution in [0.5, 0.6) is 0 Å². The standard InChI is InChI=1S/C15H17N3O2/c1-15(14(19)20)8-4-7-12(15)18-13-10-5-2-3-6-11(10)16-9-17-13/h2-3,5-6,9,12H,4,7-8H2,1H3,(H,19,20)(H,16,17,18). The number of fused-ring (bicyclic) bond motifs is 1. The predicted octanol–water partition coefficient (Wildman–Crippen LogP) is 2.69. The molecule has 0 amide bonds. The van der Waals surface area contributed by atoms with Crippen LogP contribution in [0.3, 0.4) is 0 Å². The van der Waals surface area contributed by atoms with Crippen LogP contribution < -0.4 is 5.32 Å². The largest absolute Gasteiger partial charge is 0.481 e. The minimum Gasteiger partial charge on any atom is -0.481 e. The molecule has 0 aliphatic heterocycles. The summed E-state index contributed by atoms with van der Waals surface area (Å²) in [7, 11) is 0. The summed E-state index contributed by atoms with van der Waals surface area (Å²) in [6.07, 6.45) is 3.98. The molecular formula is C15H17N3O2. The van der Waals surface area contributed by atoms with Gasteiger partial charge in [-0.25, -0.2) is 9.97 Å². The zero-order valence-electron chi connectivity index (χ0n) is 11.3. The molecule has 2 aromatic rings. The number of rotatable bonds is 3. The molecule has 1 aliphatic carbocycles. The lowest BCUT2D eigenvalue weighted by Gasteiger charge is -2.28. The normalized spacial score (nSPS) is 25.8. The SMILES string of the molecule is CC1(C(=O)O)CCCC1Nc1ncnc2ccccc12. The highest BCUT2D eigenvalue weighted by atomic mass is 16.4. The smallest absolute Gasteiger partial charge is 0.311 e. The summed E-state index contributed by atoms with van der Waals surface area (Å²) in [5.41, 5.74) is 0.131. The zero-order chi connectivity index (χ0) is 14.2. The molecule has 1 aromatic carbocycles. The van der Waals surface area contributed by atoms with E-state index >= 15 is 0 Å². The van der Waals surface area contributed by atoms with Gasteiger partial charge in [0.15, 0.2) is 0 Å². The Morgan fingerprint density at radius 2 is 2.20 bits per heavy atom. The molecular weight excluding hydrogens is 254 g/mol. The zero-order valence-corrected chi connectivity index (χ0v) is 11.3. The average Bonchev–Trinajstić information content (AvgIpc) is 2.82. The summed E-state index contributed by atoms with van der Waals surface area (Å²) in [6.45, 7) is 1.81. The van der Waals surface area contributed by atoms with Crippen LogP contribution in [0.15, 0.2) is 30.6 Å². The first-order valence-electron chi connectivity index (χ1n) is 6.81. The van der Waals surface area contributed by atoms with Gasteiger partial charge in [0, 0.05) is 11.4 Å². The third kappa shape index (κ3) is 1.99. The summed E-state index contributed by atoms with van der Waals surface area (Å²) >= 11 is 0. The van der Waals surface area contributed by atoms with E-state index in [1.807, 2.05) is 31.2 Å². The number of para-hydroxylation sites is 1. The molecule has 1 aromatic heterocycles. The van der Waals surface area contributed by atoms with Crippen molar-refractivity contribution in [1.29, 1.82) is 0 Å². The molecule has 5 heteroatoms. The number of benzene rings is 1. The van der Waals surface area contributed by atoms with E-state index in [1.54, 1.807) is 0 Å². The summed E-state index contributed by atoms with van der Waals surface area (Å²) in [5, 5.41) is 13.7. The molecule has 1 heterocycles. The van der Waals surface area contributed by atoms with Crippen LogP contribution in [-0.4, -0.2) is 27.1 Å². The molecule has 20 heavy (non-hydrogen) atoms. The predicted molar refractivity (Wildman–Crippen MR) is 76.5 cm³/mol. The van der Waals surface area contributed by atoms with Gasteiger partial charge in [-0.3, -0.25) is 4.79 Å². The van der Waals surface area contributed by atoms with E-state index in [1.165, 1.54) is 6.33 Å². The molecule has 1 aliphatic rings. The first-order chi connectivity index (χ1) is 9.61. The Morgan fingerprint density at radius 1 is 1.40 bits per heavy atom. The maximum Gasteiger partial charge on any atom is 0.311 e. The number of aromatic nitrogens is 2. The quantitative estimate of drug-likeness (QED) is 0.897. The molecule has 0 radical (unpaired) electrons. The van der Waals surface area contributed by atoms with Crippen LogP contribution in [0.2, 0.25) is 0 Å². The van der Waals surface area contributed by atoms with Gasteiger partial charge in [0.1, 0.15) is 12.1 Å². The molecule has 2 unspecified atom stereocenters. The monoisotopic (exact) mass is 271 g/mol. The Hall–Kier alpha value is -2.17. The fraction of sp³-hybridized carbons (Fsp3) is 0.400. The molecule has 1 fully saturated rings. The number of carboxylic acid groups (broad SMARTS) is 1. The van der Waals surface area contributed by atoms with E-state index in [-0.39, 0.29) is 6.04 Å². The van der Waals surface area contributed by atoms with Gasteiger partial charge < -0.3 is 10.4 Å². The highest BCUT2D eigenvalue weighted by Crippen LogP contribution is 2.40. The molecule has 2 N–H and O–H groups in total. The number of aliphatic carboxylic acids is 1. The van der Waals surface area contributed by atoms with Crippen molar-refractivity contribution in [2.75, 3.05) is 5.32 Å². The van der Waals surface area contributed by atoms with Crippen molar-refractivity contribution in [2.24, 2.45) is 5.41 Å². The number of anilines is 1. The van der Waals surface area contributed by atoms with Gasteiger partial charge in [0.2, 0.25) is 0 Å². The Bertz CT molecular complexity index is 653. The van der Waals surface area contributed by atoms with E-state index in [0.29, 0.717) is 6.42 Å². The van der Waals surface area contributed by atoms with Crippen LogP contribution in [-0.2, 0) is 4.79 Å². The minimum absolute atomic E-state index is 0.0988. The second-order valence-electron chi connectivity index (χ2n) is 5.55. The van der Waals surface area contributed by atoms with Crippen molar-refractivity contribution in [3.05, 3.63) is 30.6 Å². The number of hydrogen-bond acceptors (Lipinski definition) is 4. The van der Waals surface area contributed by atoms with Crippen molar-refractivity contribution >= 4 is 22.7 Å². The highest BCUT2D eigenvalue weighted by Gasteiger charge is 2.45. The van der Waals surface area contributed by atoms with Gasteiger partial charge in [0.25, 0.3) is 0 Å². The van der Waals surface area contributed by atoms with Crippen molar-refractivity contribution in [3.8, 4) is 0 Å². The third-order valence-electron chi connectivity index (χ3n) is 4.30. The van der Waals surface area contributed by atoms with Crippen LogP contribution in [0.1, 0.15) is 26.2 Å². The van der Waals surface area contributed by atoms with Gasteiger partial charge in [-0.15, -0.1) is 0 Å². The maximum atomic E-state index is 11.5. The van der Waals surface area contributed by atoms with E-state index in [2.05, 4.69) is 15.3 Å². The molecule has 5 nitrogen and oxygen atoms in total. The van der Waals surface area contributed by atoms with Crippen LogP contribution >= 0.6 is 0 Å². The molecule has 3 rings (SSSR count). The maximum absolute atomic E-state index is 11.5. The molecule has 1 saturated carbocycles. The number of hydrogen-bond donors (Lipinski definition) is 2. The third-order valence-corrected chi connectivity index (χ3v) is 4.30. The minimum atomic E-state index is -0.745. The highest BCUT2D eigenvalue weighted by molar-refractivity contribution is 5.89. The van der Waals surface area contributed by atoms with E-state index in [9.17, 15) is 9.90 Å². The summed E-state index contributed by atoms with van der Waals surface area (Å²) < 4.78 is 0. The summed E-state index contributed by atoms with van der Waals surface area (Å²) in [4.78, 5) is 20.0. The Labute approximate surface area is 117 Å². The fourth-order valence-corrected chi connectivity index (χ4v) is 2.94. The summed E-state index contributed by atoms with van der Waals surface area (Å²) in [5.74, 6) is -0.0270. The lowest BCUT2D eigenvalue weighted by Crippen LogP contribution is -2.40. The van der Waals surface area contributed by atoms with Crippen molar-refractivity contribution in [3.63, 3.8) is 0 Å². The van der Waals surface area contributed by atoms with Gasteiger partial charge >= 0.3 is 5.97 Å². The van der Waals surface area contributed by atoms with E-state index in [0.717, 1.165) is 29.6 Å². The molecule has 104 valence electrons. The molecule has 0 bridgehead atoms. The lowest BCUT2D eigenvalue weighted by molar-refractivity contribution is -0.147. The van der Waals surface area contributed by atoms with Crippen molar-refractivity contribution in [1.82, 2.24) is 9.97 Å². The van der Waals surface area contributed by atoms with Crippen LogP contribution in [0.4, 0.5) is 5.82 Å². The Morgan fingerprint density at radius 3 is 3.00 bits per heavy atom. The molecule has 2 atom stereocenters. The van der Waals surface area contributed by atoms with Gasteiger partial charge in [-0.2, -0.15) is 0 Å². The van der Waals surface area contributed by atoms with Crippen molar-refractivity contribution in [2.45, 2.75) is 32.2 Å². The Balaban J connectivity index is 1.96. The molecule has 0 saturated heterocycles. The van der Waals surface area contributed by atoms with Crippen LogP contribution in [0, 0.1) is 5.41 Å². The van der Waals surface area contributed by atoms with Crippen LogP contribution in [0.25, 0.3) is 10.9 Å². The topological polar surface area (TPSA) is 75.1 Å². The average molecular weight is 271 g/mol. The Kier molecular flexibility index (Phi) is 3.04.